The van der Waals surface area contributed by atoms with Gasteiger partial charge in [0.1, 0.15) is 17.2 Å². The topological polar surface area (TPSA) is 143 Å². The highest BCUT2D eigenvalue weighted by molar-refractivity contribution is 7.99. The molecule has 0 aliphatic rings. The summed E-state index contributed by atoms with van der Waals surface area (Å²) in [5.74, 6) is 0.975. The molecule has 1 aromatic heterocycles. The minimum atomic E-state index is -0.432. The van der Waals surface area contributed by atoms with Crippen LogP contribution in [0.2, 0.25) is 0 Å². The third kappa shape index (κ3) is 8.49. The van der Waals surface area contributed by atoms with E-state index < -0.39 is 5.97 Å². The van der Waals surface area contributed by atoms with Crippen LogP contribution in [0, 0.1) is 0 Å². The number of carbonyl (C=O) groups is 3. The van der Waals surface area contributed by atoms with Gasteiger partial charge in [0, 0.05) is 11.8 Å². The van der Waals surface area contributed by atoms with E-state index in [4.69, 9.17) is 18.9 Å². The van der Waals surface area contributed by atoms with E-state index in [9.17, 15) is 14.4 Å². The van der Waals surface area contributed by atoms with E-state index in [0.29, 0.717) is 45.2 Å². The summed E-state index contributed by atoms with van der Waals surface area (Å²) in [5, 5.41) is 14.6. The van der Waals surface area contributed by atoms with E-state index >= 15 is 0 Å². The van der Waals surface area contributed by atoms with Crippen molar-refractivity contribution in [1.29, 1.82) is 0 Å². The number of amides is 2. The Bertz CT molecular complexity index is 1540. The maximum Gasteiger partial charge on any atom is 0.338 e. The lowest BCUT2D eigenvalue weighted by molar-refractivity contribution is -0.123. The maximum atomic E-state index is 12.8. The van der Waals surface area contributed by atoms with Gasteiger partial charge in [-0.05, 0) is 55.5 Å². The third-order valence-corrected chi connectivity index (χ3v) is 6.83. The molecule has 2 amide bonds. The number of ether oxygens (including phenoxy) is 4. The van der Waals surface area contributed by atoms with Crippen molar-refractivity contribution in [2.24, 2.45) is 0 Å². The summed E-state index contributed by atoms with van der Waals surface area (Å²) in [7, 11) is 3.08. The molecular weight excluding hydrogens is 574 g/mol. The molecule has 2 N–H and O–H groups in total. The number of benzene rings is 3. The molecule has 0 saturated heterocycles. The summed E-state index contributed by atoms with van der Waals surface area (Å²) >= 11 is 1.15. The van der Waals surface area contributed by atoms with Crippen molar-refractivity contribution in [3.63, 3.8) is 0 Å². The molecule has 0 bridgehead atoms. The van der Waals surface area contributed by atoms with Crippen molar-refractivity contribution in [3.8, 4) is 22.9 Å². The molecule has 0 spiro atoms. The molecule has 43 heavy (non-hydrogen) atoms. The number of nitrogens with one attached hydrogen (secondary N) is 2. The molecule has 224 valence electrons. The number of hydrogen-bond acceptors (Lipinski definition) is 10. The molecule has 0 unspecified atom stereocenters. The molecule has 0 fully saturated rings. The average Bonchev–Trinajstić information content (AvgIpc) is 3.44. The largest absolute Gasteiger partial charge is 0.497 e. The van der Waals surface area contributed by atoms with Gasteiger partial charge in [-0.1, -0.05) is 30.0 Å². The number of rotatable bonds is 14. The first-order valence-corrected chi connectivity index (χ1v) is 14.2. The van der Waals surface area contributed by atoms with Crippen molar-refractivity contribution >= 4 is 35.2 Å². The number of para-hydroxylation sites is 1. The van der Waals surface area contributed by atoms with E-state index in [1.807, 2.05) is 18.2 Å². The maximum absolute atomic E-state index is 12.8. The second-order valence-electron chi connectivity index (χ2n) is 8.79. The number of thioether (sulfide) groups is 1. The summed E-state index contributed by atoms with van der Waals surface area (Å²) in [6.45, 7) is 1.86. The fourth-order valence-electron chi connectivity index (χ4n) is 3.85. The van der Waals surface area contributed by atoms with Gasteiger partial charge in [-0.3, -0.25) is 14.2 Å². The first-order valence-electron chi connectivity index (χ1n) is 13.2. The lowest BCUT2D eigenvalue weighted by atomic mass is 10.2. The van der Waals surface area contributed by atoms with Crippen LogP contribution < -0.4 is 24.8 Å². The van der Waals surface area contributed by atoms with E-state index in [-0.39, 0.29) is 37.3 Å². The lowest BCUT2D eigenvalue weighted by Crippen LogP contribution is -2.29. The van der Waals surface area contributed by atoms with E-state index in [1.54, 1.807) is 73.2 Å². The summed E-state index contributed by atoms with van der Waals surface area (Å²) < 4.78 is 23.2. The van der Waals surface area contributed by atoms with Gasteiger partial charge in [-0.15, -0.1) is 10.2 Å². The predicted octanol–water partition coefficient (Wildman–Crippen LogP) is 3.89. The minimum absolute atomic E-state index is 0.00131. The number of methoxy groups -OCH3 is 2. The number of aromatic nitrogens is 3. The first-order chi connectivity index (χ1) is 20.9. The fourth-order valence-corrected chi connectivity index (χ4v) is 4.61. The first kappa shape index (κ1) is 30.9. The number of esters is 1. The summed E-state index contributed by atoms with van der Waals surface area (Å²) in [6, 6.07) is 20.7. The zero-order chi connectivity index (χ0) is 30.6. The van der Waals surface area contributed by atoms with Crippen molar-refractivity contribution in [1.82, 2.24) is 20.1 Å². The fraction of sp³-hybridized carbons (Fsp3) is 0.233. The Labute approximate surface area is 252 Å². The van der Waals surface area contributed by atoms with Crippen LogP contribution in [0.25, 0.3) is 5.69 Å². The quantitative estimate of drug-likeness (QED) is 0.161. The Morgan fingerprint density at radius 2 is 1.65 bits per heavy atom. The van der Waals surface area contributed by atoms with E-state index in [1.165, 1.54) is 7.11 Å². The van der Waals surface area contributed by atoms with Gasteiger partial charge in [-0.2, -0.15) is 0 Å². The van der Waals surface area contributed by atoms with Gasteiger partial charge in [-0.25, -0.2) is 4.79 Å². The lowest BCUT2D eigenvalue weighted by Gasteiger charge is -2.15. The molecule has 0 aliphatic heterocycles. The smallest absolute Gasteiger partial charge is 0.338 e. The van der Waals surface area contributed by atoms with Crippen LogP contribution in [-0.4, -0.2) is 65.7 Å². The van der Waals surface area contributed by atoms with Crippen LogP contribution in [0.15, 0.2) is 78.0 Å². The average molecular weight is 606 g/mol. The molecule has 4 aromatic rings. The normalized spacial score (nSPS) is 10.5. The SMILES string of the molecule is CCOC(=O)c1ccc(NC(=O)CSc2nnc(CNC(=O)COc3ccccc3)n2-c2cc(OC)ccc2OC)cc1. The van der Waals surface area contributed by atoms with Gasteiger partial charge in [0.15, 0.2) is 17.6 Å². The third-order valence-electron chi connectivity index (χ3n) is 5.90. The molecule has 0 radical (unpaired) electrons. The second-order valence-corrected chi connectivity index (χ2v) is 9.73. The van der Waals surface area contributed by atoms with Crippen molar-refractivity contribution in [2.75, 3.05) is 38.5 Å². The minimum Gasteiger partial charge on any atom is -0.497 e. The molecular formula is C30H31N5O7S. The van der Waals surface area contributed by atoms with Crippen LogP contribution in [0.3, 0.4) is 0 Å². The Hall–Kier alpha value is -5.04. The molecule has 0 aliphatic carbocycles. The van der Waals surface area contributed by atoms with Gasteiger partial charge in [0.2, 0.25) is 5.91 Å². The highest BCUT2D eigenvalue weighted by Gasteiger charge is 2.20. The van der Waals surface area contributed by atoms with Crippen LogP contribution in [0.5, 0.6) is 17.2 Å². The highest BCUT2D eigenvalue weighted by Crippen LogP contribution is 2.32. The monoisotopic (exact) mass is 605 g/mol. The molecule has 0 saturated carbocycles. The second kappa shape index (κ2) is 15.3. The summed E-state index contributed by atoms with van der Waals surface area (Å²) in [6.07, 6.45) is 0. The standard InChI is InChI=1S/C30H31N5O7S/c1-4-41-29(38)20-10-12-21(13-11-20)32-28(37)19-43-30-34-33-26(17-31-27(36)18-42-22-8-6-5-7-9-22)35(30)24-16-23(39-2)14-15-25(24)40-3/h5-16H,4,17-19H2,1-3H3,(H,31,36)(H,32,37). The molecule has 0 atom stereocenters. The zero-order valence-corrected chi connectivity index (χ0v) is 24.7. The highest BCUT2D eigenvalue weighted by atomic mass is 32.2. The van der Waals surface area contributed by atoms with Crippen LogP contribution >= 0.6 is 11.8 Å². The number of anilines is 1. The summed E-state index contributed by atoms with van der Waals surface area (Å²) in [4.78, 5) is 37.2. The molecule has 1 heterocycles. The Morgan fingerprint density at radius 1 is 0.884 bits per heavy atom. The van der Waals surface area contributed by atoms with E-state index in [0.717, 1.165) is 11.8 Å². The molecule has 12 nitrogen and oxygen atoms in total. The van der Waals surface area contributed by atoms with Crippen molar-refractivity contribution < 1.29 is 33.3 Å². The predicted molar refractivity (Wildman–Crippen MR) is 160 cm³/mol. The van der Waals surface area contributed by atoms with Gasteiger partial charge in [0.25, 0.3) is 5.91 Å². The van der Waals surface area contributed by atoms with Crippen molar-refractivity contribution in [3.05, 3.63) is 84.2 Å². The van der Waals surface area contributed by atoms with Crippen LogP contribution in [0.4, 0.5) is 5.69 Å². The van der Waals surface area contributed by atoms with Crippen molar-refractivity contribution in [2.45, 2.75) is 18.6 Å². The number of nitrogens with zero attached hydrogens (tertiary/aromatic N) is 3. The molecule has 3 aromatic carbocycles. The van der Waals surface area contributed by atoms with Gasteiger partial charge >= 0.3 is 5.97 Å². The van der Waals surface area contributed by atoms with Gasteiger partial charge < -0.3 is 29.6 Å². The molecule has 13 heteroatoms. The van der Waals surface area contributed by atoms with Crippen LogP contribution in [-0.2, 0) is 20.9 Å². The summed E-state index contributed by atoms with van der Waals surface area (Å²) in [5.41, 5.74) is 1.48. The Kier molecular flexibility index (Phi) is 11.0. The molecule has 4 rings (SSSR count). The van der Waals surface area contributed by atoms with Gasteiger partial charge in [0.05, 0.1) is 44.4 Å². The van der Waals surface area contributed by atoms with E-state index in [2.05, 4.69) is 20.8 Å². The number of carbonyl (C=O) groups excluding carboxylic acids is 3. The zero-order valence-electron chi connectivity index (χ0n) is 23.9. The number of hydrogen-bond donors (Lipinski definition) is 2. The Morgan fingerprint density at radius 3 is 2.35 bits per heavy atom. The Balaban J connectivity index is 1.48. The van der Waals surface area contributed by atoms with Crippen LogP contribution in [0.1, 0.15) is 23.1 Å².